The van der Waals surface area contributed by atoms with Crippen LogP contribution in [-0.2, 0) is 33.2 Å². The lowest BCUT2D eigenvalue weighted by molar-refractivity contribution is -0.379. The van der Waals surface area contributed by atoms with Gasteiger partial charge in [0.2, 0.25) is 5.91 Å². The van der Waals surface area contributed by atoms with Crippen molar-refractivity contribution >= 4 is 5.91 Å². The molecule has 584 valence electrons. The van der Waals surface area contributed by atoms with E-state index in [9.17, 15) is 61.0 Å². The van der Waals surface area contributed by atoms with Crippen LogP contribution in [0.5, 0.6) is 0 Å². The molecule has 3 fully saturated rings. The maximum Gasteiger partial charge on any atom is 0.220 e. The van der Waals surface area contributed by atoms with Crippen molar-refractivity contribution in [1.82, 2.24) is 5.32 Å². The predicted molar refractivity (Wildman–Crippen MR) is 397 cm³/mol. The molecule has 3 aliphatic heterocycles. The SMILES string of the molecule is CCCCCCC/C=C\C/C=C\C/C=C\CCCCCCCCCCCCCCCCCCCCCCCCC(=O)NC(COC1OC(CO)C(OC2OC(CO)C(OC3OC(CO)C(O)C(O)C3O)C(O)C2O)C(O)C1O)C(O)/C=C/CC/C=C/CCCCCCCCCCCCCC. The summed E-state index contributed by atoms with van der Waals surface area (Å²) in [7, 11) is 0. The van der Waals surface area contributed by atoms with Gasteiger partial charge in [0.25, 0.3) is 0 Å². The van der Waals surface area contributed by atoms with Crippen LogP contribution in [0.4, 0.5) is 0 Å². The van der Waals surface area contributed by atoms with Gasteiger partial charge in [0, 0.05) is 6.42 Å². The van der Waals surface area contributed by atoms with Crippen LogP contribution in [0, 0.1) is 0 Å². The highest BCUT2D eigenvalue weighted by molar-refractivity contribution is 5.76. The van der Waals surface area contributed by atoms with Gasteiger partial charge in [-0.3, -0.25) is 4.79 Å². The summed E-state index contributed by atoms with van der Waals surface area (Å²) in [6, 6.07) is -0.991. The molecule has 0 spiro atoms. The Balaban J connectivity index is 1.33. The van der Waals surface area contributed by atoms with Crippen molar-refractivity contribution in [2.24, 2.45) is 0 Å². The third-order valence-electron chi connectivity index (χ3n) is 20.0. The van der Waals surface area contributed by atoms with Gasteiger partial charge in [-0.15, -0.1) is 0 Å². The molecule has 1 amide bonds. The lowest BCUT2D eigenvalue weighted by atomic mass is 9.96. The van der Waals surface area contributed by atoms with Crippen molar-refractivity contribution in [3.8, 4) is 0 Å². The second-order valence-electron chi connectivity index (χ2n) is 28.9. The summed E-state index contributed by atoms with van der Waals surface area (Å²) < 4.78 is 34.4. The van der Waals surface area contributed by atoms with Gasteiger partial charge in [-0.2, -0.15) is 0 Å². The van der Waals surface area contributed by atoms with E-state index in [0.717, 1.165) is 51.4 Å². The Morgan fingerprint density at radius 1 is 0.360 bits per heavy atom. The van der Waals surface area contributed by atoms with Gasteiger partial charge in [-0.05, 0) is 70.6 Å². The van der Waals surface area contributed by atoms with Crippen LogP contribution in [0.25, 0.3) is 0 Å². The van der Waals surface area contributed by atoms with Crippen LogP contribution in [0.1, 0.15) is 316 Å². The number of ether oxygens (including phenoxy) is 6. The van der Waals surface area contributed by atoms with Crippen LogP contribution in [-0.4, -0.2) is 193 Å². The van der Waals surface area contributed by atoms with E-state index in [1.54, 1.807) is 6.08 Å². The number of aliphatic hydroxyl groups is 11. The van der Waals surface area contributed by atoms with Crippen molar-refractivity contribution < 1.29 is 89.4 Å². The fraction of sp³-hybridized carbons (Fsp3) is 0.864. The predicted octanol–water partition coefficient (Wildman–Crippen LogP) is 13.5. The zero-order valence-corrected chi connectivity index (χ0v) is 62.4. The minimum Gasteiger partial charge on any atom is -0.394 e. The first-order valence-corrected chi connectivity index (χ1v) is 40.5. The van der Waals surface area contributed by atoms with E-state index in [1.165, 1.54) is 231 Å². The van der Waals surface area contributed by atoms with Crippen LogP contribution < -0.4 is 5.32 Å². The molecular weight excluding hydrogens is 1270 g/mol. The second-order valence-corrected chi connectivity index (χ2v) is 28.9. The quantitative estimate of drug-likeness (QED) is 0.0199. The van der Waals surface area contributed by atoms with Gasteiger partial charge in [-0.25, -0.2) is 0 Å². The first-order chi connectivity index (χ1) is 48.8. The van der Waals surface area contributed by atoms with Crippen molar-refractivity contribution in [2.75, 3.05) is 26.4 Å². The molecule has 0 aromatic heterocycles. The number of amides is 1. The average Bonchev–Trinajstić information content (AvgIpc) is 0.783. The maximum atomic E-state index is 13.5. The molecule has 17 unspecified atom stereocenters. The molecule has 0 radical (unpaired) electrons. The van der Waals surface area contributed by atoms with Crippen molar-refractivity contribution in [1.29, 1.82) is 0 Å². The van der Waals surface area contributed by atoms with E-state index < -0.39 is 124 Å². The molecule has 0 aromatic carbocycles. The van der Waals surface area contributed by atoms with Gasteiger partial charge in [0.1, 0.15) is 73.2 Å². The summed E-state index contributed by atoms with van der Waals surface area (Å²) >= 11 is 0. The van der Waals surface area contributed by atoms with E-state index >= 15 is 0 Å². The van der Waals surface area contributed by atoms with E-state index in [0.29, 0.717) is 12.8 Å². The Kier molecular flexibility index (Phi) is 56.5. The molecule has 17 atom stereocenters. The highest BCUT2D eigenvalue weighted by atomic mass is 16.8. The monoisotopic (exact) mass is 1420 g/mol. The molecule has 0 saturated carbocycles. The van der Waals surface area contributed by atoms with Gasteiger partial charge in [-0.1, -0.05) is 299 Å². The van der Waals surface area contributed by atoms with E-state index in [4.69, 9.17) is 28.4 Å². The number of nitrogens with one attached hydrogen (secondary N) is 1. The van der Waals surface area contributed by atoms with Crippen LogP contribution >= 0.6 is 0 Å². The van der Waals surface area contributed by atoms with Gasteiger partial charge in [0.05, 0.1) is 38.6 Å². The lowest BCUT2D eigenvalue weighted by Crippen LogP contribution is -2.66. The number of hydrogen-bond acceptors (Lipinski definition) is 18. The highest BCUT2D eigenvalue weighted by Gasteiger charge is 2.54. The Bertz CT molecular complexity index is 2040. The number of unbranched alkanes of at least 4 members (excludes halogenated alkanes) is 40. The Labute approximate surface area is 605 Å². The zero-order chi connectivity index (χ0) is 72.5. The molecular formula is C81H147NO18. The van der Waals surface area contributed by atoms with E-state index in [1.807, 2.05) is 6.08 Å². The molecule has 19 heteroatoms. The van der Waals surface area contributed by atoms with Gasteiger partial charge >= 0.3 is 0 Å². The molecule has 0 aromatic rings. The van der Waals surface area contributed by atoms with Gasteiger partial charge in [0.15, 0.2) is 18.9 Å². The standard InChI is InChI=1S/C81H147NO18/c1-3-5-7-9-11-13-15-17-19-21-23-24-25-26-27-28-29-30-31-32-33-34-35-36-37-38-39-40-41-43-45-47-49-51-53-55-57-59-69(87)82-64(65(86)58-56-54-52-50-48-46-44-42-22-20-18-16-14-12-10-8-6-4-2)63-95-79-75(93)72(90)77(67(61-84)97-79)100-81-76(94)73(91)78(68(62-85)98-81)99-80-74(92)71(89)70(88)66(60-83)96-80/h15,17,21,23,25-26,48,50,56,58,64-68,70-81,83-86,88-94H,3-14,16,18-20,22,24,27-47,49,51-55,57,59-63H2,1-2H3,(H,82,87)/b17-15-,23-21-,26-25-,50-48+,58-56+. The molecule has 19 nitrogen and oxygen atoms in total. The van der Waals surface area contributed by atoms with Crippen molar-refractivity contribution in [2.45, 2.75) is 420 Å². The summed E-state index contributed by atoms with van der Waals surface area (Å²) in [6.45, 7) is 1.73. The molecule has 0 aliphatic carbocycles. The third-order valence-corrected chi connectivity index (χ3v) is 20.0. The van der Waals surface area contributed by atoms with E-state index in [2.05, 4.69) is 67.8 Å². The zero-order valence-electron chi connectivity index (χ0n) is 62.4. The van der Waals surface area contributed by atoms with Gasteiger partial charge < -0.3 is 89.9 Å². The molecule has 3 saturated heterocycles. The summed E-state index contributed by atoms with van der Waals surface area (Å²) in [4.78, 5) is 13.5. The lowest BCUT2D eigenvalue weighted by Gasteiger charge is -2.48. The Morgan fingerprint density at radius 2 is 0.670 bits per heavy atom. The minimum absolute atomic E-state index is 0.237. The second kappa shape index (κ2) is 61.6. The summed E-state index contributed by atoms with van der Waals surface area (Å²) in [5.74, 6) is -0.281. The Hall–Kier alpha value is -2.51. The topological polar surface area (TPSA) is 307 Å². The van der Waals surface area contributed by atoms with Crippen molar-refractivity contribution in [3.05, 3.63) is 60.8 Å². The largest absolute Gasteiger partial charge is 0.394 e. The van der Waals surface area contributed by atoms with E-state index in [-0.39, 0.29) is 18.9 Å². The average molecular weight is 1420 g/mol. The number of rotatable bonds is 64. The van der Waals surface area contributed by atoms with Crippen LogP contribution in [0.3, 0.4) is 0 Å². The minimum atomic E-state index is -1.98. The molecule has 100 heavy (non-hydrogen) atoms. The number of carbonyl (C=O) groups excluding carboxylic acids is 1. The summed E-state index contributed by atoms with van der Waals surface area (Å²) in [5.41, 5.74) is 0. The number of allylic oxidation sites excluding steroid dienone is 9. The number of aliphatic hydroxyl groups excluding tert-OH is 11. The smallest absolute Gasteiger partial charge is 0.220 e. The molecule has 3 rings (SSSR count). The Morgan fingerprint density at radius 3 is 1.07 bits per heavy atom. The summed E-state index contributed by atoms with van der Waals surface area (Å²) in [6.07, 6.45) is 52.2. The molecule has 3 aliphatic rings. The third kappa shape index (κ3) is 41.4. The number of carbonyl (C=O) groups is 1. The fourth-order valence-electron chi connectivity index (χ4n) is 13.5. The molecule has 0 bridgehead atoms. The normalized spacial score (nSPS) is 26.8. The highest BCUT2D eigenvalue weighted by Crippen LogP contribution is 2.33. The summed E-state index contributed by atoms with van der Waals surface area (Å²) in [5, 5.41) is 121. The maximum absolute atomic E-state index is 13.5. The fourth-order valence-corrected chi connectivity index (χ4v) is 13.5. The number of hydrogen-bond donors (Lipinski definition) is 12. The van der Waals surface area contributed by atoms with Crippen LogP contribution in [0.2, 0.25) is 0 Å². The van der Waals surface area contributed by atoms with Crippen molar-refractivity contribution in [3.63, 3.8) is 0 Å². The van der Waals surface area contributed by atoms with Crippen LogP contribution in [0.15, 0.2) is 60.8 Å². The molecule has 3 heterocycles. The first-order valence-electron chi connectivity index (χ1n) is 40.5. The first kappa shape index (κ1) is 91.7. The molecule has 12 N–H and O–H groups in total.